The van der Waals surface area contributed by atoms with Gasteiger partial charge in [0.1, 0.15) is 6.26 Å². The molecular formula is C33H40N6O4. The highest BCUT2D eigenvalue weighted by atomic mass is 16.3. The van der Waals surface area contributed by atoms with Crippen molar-refractivity contribution in [1.29, 1.82) is 0 Å². The van der Waals surface area contributed by atoms with E-state index in [1.54, 1.807) is 6.07 Å². The molecule has 3 fully saturated rings. The van der Waals surface area contributed by atoms with Gasteiger partial charge in [-0.3, -0.25) is 14.4 Å². The smallest absolute Gasteiger partial charge is 0.277 e. The van der Waals surface area contributed by atoms with Gasteiger partial charge in [0, 0.05) is 69.4 Å². The zero-order valence-electron chi connectivity index (χ0n) is 25.0. The number of carbonyl (C=O) groups is 3. The van der Waals surface area contributed by atoms with Crippen LogP contribution in [0, 0.1) is 13.8 Å². The van der Waals surface area contributed by atoms with Crippen LogP contribution < -0.4 is 20.4 Å². The van der Waals surface area contributed by atoms with Gasteiger partial charge in [-0.1, -0.05) is 12.1 Å². The number of nitrogens with one attached hydrogen (secondary N) is 2. The zero-order chi connectivity index (χ0) is 29.9. The van der Waals surface area contributed by atoms with Crippen molar-refractivity contribution in [1.82, 2.24) is 15.2 Å². The zero-order valence-corrected chi connectivity index (χ0v) is 25.0. The largest absolute Gasteiger partial charge is 0.448 e. The van der Waals surface area contributed by atoms with E-state index >= 15 is 0 Å². The summed E-state index contributed by atoms with van der Waals surface area (Å²) in [6.45, 7) is 9.39. The van der Waals surface area contributed by atoms with Crippen molar-refractivity contribution >= 4 is 34.8 Å². The first kappa shape index (κ1) is 28.8. The van der Waals surface area contributed by atoms with Gasteiger partial charge in [-0.05, 0) is 74.9 Å². The Hall–Kier alpha value is -4.34. The monoisotopic (exact) mass is 584 g/mol. The Balaban J connectivity index is 1.16. The number of anilines is 3. The summed E-state index contributed by atoms with van der Waals surface area (Å²) >= 11 is 0. The Morgan fingerprint density at radius 3 is 2.44 bits per heavy atom. The third-order valence-corrected chi connectivity index (χ3v) is 8.58. The van der Waals surface area contributed by atoms with E-state index in [1.807, 2.05) is 17.0 Å². The first-order chi connectivity index (χ1) is 20.9. The maximum Gasteiger partial charge on any atom is 0.277 e. The van der Waals surface area contributed by atoms with Crippen LogP contribution in [0.4, 0.5) is 17.1 Å². The number of hydrogen-bond donors (Lipinski definition) is 2. The van der Waals surface area contributed by atoms with Gasteiger partial charge in [-0.25, -0.2) is 4.98 Å². The Morgan fingerprint density at radius 1 is 0.953 bits per heavy atom. The number of amides is 3. The summed E-state index contributed by atoms with van der Waals surface area (Å²) < 4.78 is 5.55. The molecule has 0 radical (unpaired) electrons. The summed E-state index contributed by atoms with van der Waals surface area (Å²) in [7, 11) is 0. The van der Waals surface area contributed by atoms with Crippen LogP contribution in [-0.4, -0.2) is 73.4 Å². The fraction of sp³-hybridized carbons (Fsp3) is 0.455. The van der Waals surface area contributed by atoms with Gasteiger partial charge in [-0.15, -0.1) is 0 Å². The SMILES string of the molecule is Cc1ccc(C)c(N2CCN(c3ccc(C(=O)NCCCN4CCCC4=O)cc3NC(=O)c3coc(C4CC4)n3)CC2)c1. The van der Waals surface area contributed by atoms with Crippen LogP contribution in [0.2, 0.25) is 0 Å². The first-order valence-electron chi connectivity index (χ1n) is 15.4. The summed E-state index contributed by atoms with van der Waals surface area (Å²) in [6.07, 6.45) is 5.69. The maximum atomic E-state index is 13.3. The topological polar surface area (TPSA) is 111 Å². The van der Waals surface area contributed by atoms with Gasteiger partial charge in [0.25, 0.3) is 11.8 Å². The lowest BCUT2D eigenvalue weighted by atomic mass is 10.1. The van der Waals surface area contributed by atoms with Crippen molar-refractivity contribution in [3.63, 3.8) is 0 Å². The lowest BCUT2D eigenvalue weighted by molar-refractivity contribution is -0.127. The van der Waals surface area contributed by atoms with Crippen LogP contribution in [-0.2, 0) is 4.79 Å². The quantitative estimate of drug-likeness (QED) is 0.338. The molecule has 2 aromatic carbocycles. The second kappa shape index (κ2) is 12.5. The number of nitrogens with zero attached hydrogens (tertiary/aromatic N) is 4. The second-order valence-electron chi connectivity index (χ2n) is 11.9. The van der Waals surface area contributed by atoms with Crippen LogP contribution in [0.25, 0.3) is 0 Å². The molecule has 10 heteroatoms. The van der Waals surface area contributed by atoms with E-state index in [2.05, 4.69) is 57.5 Å². The molecule has 3 aromatic rings. The highest BCUT2D eigenvalue weighted by Crippen LogP contribution is 2.39. The van der Waals surface area contributed by atoms with Crippen LogP contribution in [0.3, 0.4) is 0 Å². The molecule has 43 heavy (non-hydrogen) atoms. The third-order valence-electron chi connectivity index (χ3n) is 8.58. The van der Waals surface area contributed by atoms with Crippen LogP contribution in [0.5, 0.6) is 0 Å². The molecule has 2 saturated heterocycles. The maximum absolute atomic E-state index is 13.3. The lowest BCUT2D eigenvalue weighted by Crippen LogP contribution is -2.47. The van der Waals surface area contributed by atoms with Crippen molar-refractivity contribution in [2.24, 2.45) is 0 Å². The number of benzene rings is 2. The van der Waals surface area contributed by atoms with Gasteiger partial charge in [0.2, 0.25) is 5.91 Å². The number of aryl methyl sites for hydroxylation is 2. The van der Waals surface area contributed by atoms with Crippen molar-refractivity contribution < 1.29 is 18.8 Å². The van der Waals surface area contributed by atoms with Crippen LogP contribution in [0.1, 0.15) is 75.9 Å². The predicted molar refractivity (Wildman–Crippen MR) is 166 cm³/mol. The summed E-state index contributed by atoms with van der Waals surface area (Å²) in [6, 6.07) is 12.0. The molecule has 6 rings (SSSR count). The molecule has 2 N–H and O–H groups in total. The molecule has 0 atom stereocenters. The Kier molecular flexibility index (Phi) is 8.35. The molecule has 1 aliphatic carbocycles. The molecule has 1 aromatic heterocycles. The van der Waals surface area contributed by atoms with E-state index < -0.39 is 0 Å². The summed E-state index contributed by atoms with van der Waals surface area (Å²) in [5.41, 5.74) is 5.88. The molecule has 3 heterocycles. The van der Waals surface area contributed by atoms with E-state index in [0.717, 1.165) is 57.7 Å². The number of hydrogen-bond acceptors (Lipinski definition) is 7. The van der Waals surface area contributed by atoms with Gasteiger partial charge >= 0.3 is 0 Å². The standard InChI is InChI=1S/C33H40N6O4/c1-22-6-7-23(2)29(19-22)38-17-15-37(16-18-38)28-11-10-25(31(41)34-12-4-14-39-13-3-5-30(39)40)20-26(28)35-32(42)27-21-43-33(36-27)24-8-9-24/h6-7,10-11,19-21,24H,3-5,8-9,12-18H2,1-2H3,(H,34,41)(H,35,42). The number of carbonyl (C=O) groups excluding carboxylic acids is 3. The van der Waals surface area contributed by atoms with E-state index in [0.29, 0.717) is 49.0 Å². The molecular weight excluding hydrogens is 544 g/mol. The van der Waals surface area contributed by atoms with Gasteiger partial charge < -0.3 is 29.8 Å². The minimum absolute atomic E-state index is 0.188. The van der Waals surface area contributed by atoms with Crippen LogP contribution in [0.15, 0.2) is 47.1 Å². The number of piperazine rings is 1. The number of oxazole rings is 1. The van der Waals surface area contributed by atoms with E-state index in [-0.39, 0.29) is 23.4 Å². The van der Waals surface area contributed by atoms with Crippen molar-refractivity contribution in [2.75, 3.05) is 60.9 Å². The second-order valence-corrected chi connectivity index (χ2v) is 11.9. The van der Waals surface area contributed by atoms with Gasteiger partial charge in [0.05, 0.1) is 11.4 Å². The normalized spacial score (nSPS) is 17.0. The number of rotatable bonds is 10. The van der Waals surface area contributed by atoms with Crippen molar-refractivity contribution in [2.45, 2.75) is 51.9 Å². The molecule has 2 aliphatic heterocycles. The fourth-order valence-corrected chi connectivity index (χ4v) is 5.91. The first-order valence-corrected chi connectivity index (χ1v) is 15.4. The molecule has 0 unspecified atom stereocenters. The number of likely N-dealkylation sites (tertiary alicyclic amines) is 1. The Morgan fingerprint density at radius 2 is 1.72 bits per heavy atom. The Labute approximate surface area is 252 Å². The summed E-state index contributed by atoms with van der Waals surface area (Å²) in [4.78, 5) is 49.1. The average molecular weight is 585 g/mol. The highest BCUT2D eigenvalue weighted by molar-refractivity contribution is 6.06. The average Bonchev–Trinajstić information content (AvgIpc) is 3.59. The summed E-state index contributed by atoms with van der Waals surface area (Å²) in [5.74, 6) is 0.525. The van der Waals surface area contributed by atoms with Gasteiger partial charge in [-0.2, -0.15) is 0 Å². The molecule has 3 amide bonds. The Bertz CT molecular complexity index is 1500. The van der Waals surface area contributed by atoms with E-state index in [4.69, 9.17) is 4.42 Å². The summed E-state index contributed by atoms with van der Waals surface area (Å²) in [5, 5.41) is 5.99. The van der Waals surface area contributed by atoms with Crippen molar-refractivity contribution in [3.8, 4) is 0 Å². The minimum Gasteiger partial charge on any atom is -0.448 e. The van der Waals surface area contributed by atoms with Gasteiger partial charge in [0.15, 0.2) is 11.6 Å². The highest BCUT2D eigenvalue weighted by Gasteiger charge is 2.30. The minimum atomic E-state index is -0.362. The van der Waals surface area contributed by atoms with E-state index in [9.17, 15) is 14.4 Å². The van der Waals surface area contributed by atoms with E-state index in [1.165, 1.54) is 23.1 Å². The predicted octanol–water partition coefficient (Wildman–Crippen LogP) is 4.49. The molecule has 0 spiro atoms. The molecule has 0 bridgehead atoms. The third kappa shape index (κ3) is 6.68. The van der Waals surface area contributed by atoms with Crippen LogP contribution >= 0.6 is 0 Å². The van der Waals surface area contributed by atoms with Crippen molar-refractivity contribution in [3.05, 3.63) is 70.9 Å². The molecule has 226 valence electrons. The molecule has 3 aliphatic rings. The molecule has 1 saturated carbocycles. The lowest BCUT2D eigenvalue weighted by Gasteiger charge is -2.38. The molecule has 10 nitrogen and oxygen atoms in total. The number of aromatic nitrogens is 1. The fourth-order valence-electron chi connectivity index (χ4n) is 5.91.